The fraction of sp³-hybridized carbons (Fsp3) is 0.278. The van der Waals surface area contributed by atoms with Crippen LogP contribution in [0.3, 0.4) is 0 Å². The Bertz CT molecular complexity index is 774. The van der Waals surface area contributed by atoms with Gasteiger partial charge in [-0.2, -0.15) is 0 Å². The van der Waals surface area contributed by atoms with Crippen molar-refractivity contribution in [2.45, 2.75) is 25.5 Å². The van der Waals surface area contributed by atoms with E-state index in [9.17, 15) is 23.8 Å². The second-order valence-electron chi connectivity index (χ2n) is 6.09. The third kappa shape index (κ3) is 3.10. The first kappa shape index (κ1) is 16.4. The average molecular weight is 333 g/mol. The molecule has 1 saturated heterocycles. The predicted octanol–water partition coefficient (Wildman–Crippen LogP) is 2.93. The van der Waals surface area contributed by atoms with Gasteiger partial charge in [0, 0.05) is 17.7 Å². The summed E-state index contributed by atoms with van der Waals surface area (Å²) in [5.74, 6) is -1.72. The van der Waals surface area contributed by atoms with Gasteiger partial charge < -0.3 is 15.1 Å². The van der Waals surface area contributed by atoms with E-state index in [-0.39, 0.29) is 29.8 Å². The van der Waals surface area contributed by atoms with Gasteiger partial charge in [0.25, 0.3) is 5.91 Å². The van der Waals surface area contributed by atoms with Crippen LogP contribution in [-0.4, -0.2) is 33.7 Å². The largest absolute Gasteiger partial charge is 0.508 e. The number of carbonyl (C=O) groups excluding carboxylic acids is 1. The standard InChI is InChI=1S/C18H17F2NO3/c1-10-4-11(6-13(22)5-10)18(24)21-9-14(23)8-17(21)15-7-12(19)2-3-16(15)20/h2-7,14,17,22-23H,8-9H2,1H3/t14-,17+/m1/s1. The lowest BCUT2D eigenvalue weighted by molar-refractivity contribution is 0.0713. The maximum absolute atomic E-state index is 14.1. The topological polar surface area (TPSA) is 60.8 Å². The van der Waals surface area contributed by atoms with E-state index < -0.39 is 29.7 Å². The van der Waals surface area contributed by atoms with E-state index in [0.717, 1.165) is 18.2 Å². The molecule has 0 saturated carbocycles. The Labute approximate surface area is 138 Å². The minimum atomic E-state index is -0.819. The maximum atomic E-state index is 14.1. The number of aliphatic hydroxyl groups is 1. The number of phenolic OH excluding ortho intramolecular Hbond substituents is 1. The van der Waals surface area contributed by atoms with Gasteiger partial charge in [0.2, 0.25) is 0 Å². The first-order valence-electron chi connectivity index (χ1n) is 7.60. The number of nitrogens with zero attached hydrogens (tertiary/aromatic N) is 1. The monoisotopic (exact) mass is 333 g/mol. The molecule has 0 aromatic heterocycles. The molecule has 0 aliphatic carbocycles. The summed E-state index contributed by atoms with van der Waals surface area (Å²) >= 11 is 0. The Morgan fingerprint density at radius 1 is 1.21 bits per heavy atom. The SMILES string of the molecule is Cc1cc(O)cc(C(=O)N2C[C@H](O)C[C@H]2c2cc(F)ccc2F)c1. The summed E-state index contributed by atoms with van der Waals surface area (Å²) in [7, 11) is 0. The van der Waals surface area contributed by atoms with Crippen LogP contribution in [0.5, 0.6) is 5.75 Å². The molecule has 1 amide bonds. The number of hydrogen-bond acceptors (Lipinski definition) is 3. The van der Waals surface area contributed by atoms with Crippen molar-refractivity contribution in [2.75, 3.05) is 6.54 Å². The van der Waals surface area contributed by atoms with Crippen LogP contribution in [0.4, 0.5) is 8.78 Å². The van der Waals surface area contributed by atoms with Crippen LogP contribution in [0.15, 0.2) is 36.4 Å². The van der Waals surface area contributed by atoms with Crippen molar-refractivity contribution in [2.24, 2.45) is 0 Å². The highest BCUT2D eigenvalue weighted by Crippen LogP contribution is 2.35. The van der Waals surface area contributed by atoms with Gasteiger partial charge in [-0.3, -0.25) is 4.79 Å². The summed E-state index contributed by atoms with van der Waals surface area (Å²) in [6.45, 7) is 1.76. The zero-order valence-electron chi connectivity index (χ0n) is 13.0. The quantitative estimate of drug-likeness (QED) is 0.888. The number of likely N-dealkylation sites (tertiary alicyclic amines) is 1. The van der Waals surface area contributed by atoms with E-state index >= 15 is 0 Å². The number of halogens is 2. The van der Waals surface area contributed by atoms with Crippen LogP contribution < -0.4 is 0 Å². The van der Waals surface area contributed by atoms with Crippen molar-refractivity contribution in [3.8, 4) is 5.75 Å². The molecule has 24 heavy (non-hydrogen) atoms. The smallest absolute Gasteiger partial charge is 0.254 e. The first-order chi connectivity index (χ1) is 11.3. The van der Waals surface area contributed by atoms with Gasteiger partial charge in [-0.1, -0.05) is 0 Å². The Kier molecular flexibility index (Phi) is 4.24. The van der Waals surface area contributed by atoms with Crippen molar-refractivity contribution in [3.63, 3.8) is 0 Å². The molecule has 2 aromatic carbocycles. The van der Waals surface area contributed by atoms with Crippen LogP contribution in [0.25, 0.3) is 0 Å². The molecular weight excluding hydrogens is 316 g/mol. The van der Waals surface area contributed by atoms with E-state index in [1.807, 2.05) is 0 Å². The van der Waals surface area contributed by atoms with Gasteiger partial charge in [0.05, 0.1) is 12.1 Å². The third-order valence-electron chi connectivity index (χ3n) is 4.17. The third-order valence-corrected chi connectivity index (χ3v) is 4.17. The number of phenols is 1. The highest BCUT2D eigenvalue weighted by atomic mass is 19.1. The zero-order valence-corrected chi connectivity index (χ0v) is 13.0. The summed E-state index contributed by atoms with van der Waals surface area (Å²) in [6, 6.07) is 6.74. The van der Waals surface area contributed by atoms with Crippen molar-refractivity contribution in [3.05, 3.63) is 64.7 Å². The molecule has 2 N–H and O–H groups in total. The Balaban J connectivity index is 1.98. The van der Waals surface area contributed by atoms with Crippen molar-refractivity contribution in [1.29, 1.82) is 0 Å². The lowest BCUT2D eigenvalue weighted by Gasteiger charge is -2.25. The van der Waals surface area contributed by atoms with Crippen molar-refractivity contribution in [1.82, 2.24) is 4.90 Å². The van der Waals surface area contributed by atoms with Crippen molar-refractivity contribution < 1.29 is 23.8 Å². The number of benzene rings is 2. The molecule has 1 aliphatic rings. The molecular formula is C18H17F2NO3. The predicted molar refractivity (Wildman–Crippen MR) is 83.6 cm³/mol. The van der Waals surface area contributed by atoms with E-state index in [0.29, 0.717) is 5.56 Å². The van der Waals surface area contributed by atoms with E-state index in [4.69, 9.17) is 0 Å². The van der Waals surface area contributed by atoms with Crippen LogP contribution in [0, 0.1) is 18.6 Å². The van der Waals surface area contributed by atoms with Crippen LogP contribution in [-0.2, 0) is 0 Å². The molecule has 6 heteroatoms. The fourth-order valence-electron chi connectivity index (χ4n) is 3.16. The minimum Gasteiger partial charge on any atom is -0.508 e. The first-order valence-corrected chi connectivity index (χ1v) is 7.60. The summed E-state index contributed by atoms with van der Waals surface area (Å²) in [5, 5.41) is 19.6. The molecule has 1 heterocycles. The summed E-state index contributed by atoms with van der Waals surface area (Å²) in [6.07, 6.45) is -0.691. The Hall–Kier alpha value is -2.47. The van der Waals surface area contributed by atoms with Crippen LogP contribution in [0.1, 0.15) is 33.9 Å². The average Bonchev–Trinajstić information content (AvgIpc) is 2.89. The fourth-order valence-corrected chi connectivity index (χ4v) is 3.16. The number of β-amino-alcohol motifs (C(OH)–C–C–N with tert-alkyl or cyclic N) is 1. The van der Waals surface area contributed by atoms with Crippen LogP contribution in [0.2, 0.25) is 0 Å². The highest BCUT2D eigenvalue weighted by molar-refractivity contribution is 5.95. The van der Waals surface area contributed by atoms with Crippen LogP contribution >= 0.6 is 0 Å². The number of aryl methyl sites for hydroxylation is 1. The molecule has 2 aromatic rings. The number of hydrogen-bond donors (Lipinski definition) is 2. The Morgan fingerprint density at radius 2 is 1.96 bits per heavy atom. The normalized spacial score (nSPS) is 20.4. The van der Waals surface area contributed by atoms with Gasteiger partial charge >= 0.3 is 0 Å². The zero-order chi connectivity index (χ0) is 17.4. The molecule has 0 bridgehead atoms. The lowest BCUT2D eigenvalue weighted by Crippen LogP contribution is -2.32. The molecule has 126 valence electrons. The van der Waals surface area contributed by atoms with E-state index in [1.165, 1.54) is 17.0 Å². The molecule has 1 aliphatic heterocycles. The molecule has 1 fully saturated rings. The van der Waals surface area contributed by atoms with Gasteiger partial charge in [-0.25, -0.2) is 8.78 Å². The highest BCUT2D eigenvalue weighted by Gasteiger charge is 2.37. The molecule has 2 atom stereocenters. The van der Waals surface area contributed by atoms with Gasteiger partial charge in [0.1, 0.15) is 17.4 Å². The molecule has 0 unspecified atom stereocenters. The summed E-state index contributed by atoms with van der Waals surface area (Å²) in [5.41, 5.74) is 0.978. The van der Waals surface area contributed by atoms with E-state index in [1.54, 1.807) is 13.0 Å². The molecule has 4 nitrogen and oxygen atoms in total. The number of aromatic hydroxyl groups is 1. The minimum absolute atomic E-state index is 0.0220. The lowest BCUT2D eigenvalue weighted by atomic mass is 10.0. The van der Waals surface area contributed by atoms with Crippen molar-refractivity contribution >= 4 is 5.91 Å². The van der Waals surface area contributed by atoms with Gasteiger partial charge in [-0.05, 0) is 55.3 Å². The second-order valence-corrected chi connectivity index (χ2v) is 6.09. The molecule has 0 spiro atoms. The van der Waals surface area contributed by atoms with Gasteiger partial charge in [-0.15, -0.1) is 0 Å². The maximum Gasteiger partial charge on any atom is 0.254 e. The summed E-state index contributed by atoms with van der Waals surface area (Å²) in [4.78, 5) is 14.1. The number of carbonyl (C=O) groups is 1. The molecule has 3 rings (SSSR count). The number of aliphatic hydroxyl groups excluding tert-OH is 1. The number of amides is 1. The van der Waals surface area contributed by atoms with E-state index in [2.05, 4.69) is 0 Å². The Morgan fingerprint density at radius 3 is 2.67 bits per heavy atom. The molecule has 0 radical (unpaired) electrons. The summed E-state index contributed by atoms with van der Waals surface area (Å²) < 4.78 is 27.6. The second kappa shape index (κ2) is 6.20. The van der Waals surface area contributed by atoms with Gasteiger partial charge in [0.15, 0.2) is 0 Å². The number of rotatable bonds is 2.